The van der Waals surface area contributed by atoms with E-state index in [9.17, 15) is 4.79 Å². The summed E-state index contributed by atoms with van der Waals surface area (Å²) in [7, 11) is 0. The molecule has 4 nitrogen and oxygen atoms in total. The highest BCUT2D eigenvalue weighted by atomic mass is 16.6. The summed E-state index contributed by atoms with van der Waals surface area (Å²) in [5.41, 5.74) is 0.996. The zero-order valence-corrected chi connectivity index (χ0v) is 7.01. The van der Waals surface area contributed by atoms with Crippen LogP contribution in [0.25, 0.3) is 0 Å². The Kier molecular flexibility index (Phi) is 1.90. The monoisotopic (exact) mass is 178 g/mol. The van der Waals surface area contributed by atoms with Gasteiger partial charge in [0.15, 0.2) is 0 Å². The minimum Gasteiger partial charge on any atom is -0.446 e. The third kappa shape index (κ3) is 1.36. The van der Waals surface area contributed by atoms with E-state index in [4.69, 9.17) is 10.6 Å². The molecule has 0 radical (unpaired) electrons. The molecule has 0 spiro atoms. The van der Waals surface area contributed by atoms with Gasteiger partial charge in [-0.15, -0.1) is 0 Å². The first-order valence-corrected chi connectivity index (χ1v) is 4.04. The summed E-state index contributed by atoms with van der Waals surface area (Å²) in [4.78, 5) is 10.9. The number of benzene rings is 1. The van der Waals surface area contributed by atoms with Crippen molar-refractivity contribution in [2.45, 2.75) is 6.04 Å². The zero-order valence-electron chi connectivity index (χ0n) is 7.01. The number of hydrogen-bond acceptors (Lipinski definition) is 3. The normalized spacial score (nSPS) is 21.8. The molecule has 1 heterocycles. The molecule has 0 bridgehead atoms. The Labute approximate surface area is 75.9 Å². The number of carbonyl (C=O) groups is 1. The molecule has 1 unspecified atom stereocenters. The number of amides is 1. The molecule has 1 aromatic carbocycles. The molecule has 68 valence electrons. The lowest BCUT2D eigenvalue weighted by molar-refractivity contribution is 0.158. The summed E-state index contributed by atoms with van der Waals surface area (Å²) in [5.74, 6) is 5.51. The number of nitrogens with zero attached hydrogens (tertiary/aromatic N) is 1. The van der Waals surface area contributed by atoms with Gasteiger partial charge >= 0.3 is 6.09 Å². The molecule has 0 saturated carbocycles. The molecule has 1 aromatic rings. The lowest BCUT2D eigenvalue weighted by atomic mass is 10.1. The Morgan fingerprint density at radius 3 is 2.62 bits per heavy atom. The second kappa shape index (κ2) is 3.06. The van der Waals surface area contributed by atoms with E-state index in [0.717, 1.165) is 10.6 Å². The molecule has 1 amide bonds. The smallest absolute Gasteiger partial charge is 0.424 e. The van der Waals surface area contributed by atoms with Crippen LogP contribution in [0.2, 0.25) is 0 Å². The largest absolute Gasteiger partial charge is 0.446 e. The van der Waals surface area contributed by atoms with Crippen molar-refractivity contribution in [3.05, 3.63) is 35.9 Å². The van der Waals surface area contributed by atoms with Gasteiger partial charge in [-0.3, -0.25) is 0 Å². The van der Waals surface area contributed by atoms with Gasteiger partial charge in [0.25, 0.3) is 0 Å². The molecule has 1 aliphatic rings. The van der Waals surface area contributed by atoms with Crippen molar-refractivity contribution < 1.29 is 9.53 Å². The maximum absolute atomic E-state index is 10.9. The molecule has 2 rings (SSSR count). The summed E-state index contributed by atoms with van der Waals surface area (Å²) in [6, 6.07) is 9.44. The number of ether oxygens (including phenoxy) is 1. The lowest BCUT2D eigenvalue weighted by Crippen LogP contribution is -2.34. The van der Waals surface area contributed by atoms with E-state index in [1.165, 1.54) is 0 Å². The molecule has 1 aliphatic heterocycles. The van der Waals surface area contributed by atoms with E-state index < -0.39 is 6.09 Å². The summed E-state index contributed by atoms with van der Waals surface area (Å²) in [6.45, 7) is 0.333. The van der Waals surface area contributed by atoms with Crippen LogP contribution in [0.3, 0.4) is 0 Å². The van der Waals surface area contributed by atoms with E-state index >= 15 is 0 Å². The third-order valence-corrected chi connectivity index (χ3v) is 2.10. The first-order valence-electron chi connectivity index (χ1n) is 4.04. The topological polar surface area (TPSA) is 55.6 Å². The van der Waals surface area contributed by atoms with Crippen LogP contribution in [0.4, 0.5) is 4.79 Å². The van der Waals surface area contributed by atoms with Gasteiger partial charge < -0.3 is 4.74 Å². The standard InChI is InChI=1S/C9H10N2O2/c10-11-8(6-13-9(11)12)7-4-2-1-3-5-7/h1-5,8H,6,10H2. The first kappa shape index (κ1) is 8.07. The van der Waals surface area contributed by atoms with Crippen LogP contribution in [0.5, 0.6) is 0 Å². The molecule has 1 fully saturated rings. The molecule has 1 saturated heterocycles. The number of carbonyl (C=O) groups excluding carboxylic acids is 1. The van der Waals surface area contributed by atoms with Gasteiger partial charge in [0.2, 0.25) is 0 Å². The first-order chi connectivity index (χ1) is 6.29. The van der Waals surface area contributed by atoms with Crippen molar-refractivity contribution in [3.8, 4) is 0 Å². The van der Waals surface area contributed by atoms with Crippen molar-refractivity contribution in [2.75, 3.05) is 6.61 Å². The van der Waals surface area contributed by atoms with Gasteiger partial charge in [0.1, 0.15) is 12.6 Å². The maximum Gasteiger partial charge on any atom is 0.424 e. The van der Waals surface area contributed by atoms with Crippen LogP contribution in [-0.2, 0) is 4.74 Å². The number of hydrogen-bond donors (Lipinski definition) is 1. The van der Waals surface area contributed by atoms with Gasteiger partial charge in [-0.2, -0.15) is 0 Å². The molecule has 2 N–H and O–H groups in total. The third-order valence-electron chi connectivity index (χ3n) is 2.10. The van der Waals surface area contributed by atoms with Crippen LogP contribution >= 0.6 is 0 Å². The van der Waals surface area contributed by atoms with E-state index in [1.54, 1.807) is 0 Å². The quantitative estimate of drug-likeness (QED) is 0.516. The average molecular weight is 178 g/mol. The van der Waals surface area contributed by atoms with Crippen molar-refractivity contribution in [1.29, 1.82) is 0 Å². The molecule has 0 aliphatic carbocycles. The fraction of sp³-hybridized carbons (Fsp3) is 0.222. The summed E-state index contributed by atoms with van der Waals surface area (Å²) >= 11 is 0. The van der Waals surface area contributed by atoms with Gasteiger partial charge in [-0.25, -0.2) is 15.6 Å². The number of hydrazine groups is 1. The van der Waals surface area contributed by atoms with Gasteiger partial charge in [-0.05, 0) is 5.56 Å². The van der Waals surface area contributed by atoms with Gasteiger partial charge in [0.05, 0.1) is 0 Å². The highest BCUT2D eigenvalue weighted by Gasteiger charge is 2.31. The summed E-state index contributed by atoms with van der Waals surface area (Å²) in [6.07, 6.45) is -0.464. The van der Waals surface area contributed by atoms with Gasteiger partial charge in [-0.1, -0.05) is 30.3 Å². The summed E-state index contributed by atoms with van der Waals surface area (Å²) in [5, 5.41) is 1.12. The van der Waals surface area contributed by atoms with Gasteiger partial charge in [0, 0.05) is 0 Å². The van der Waals surface area contributed by atoms with E-state index in [0.29, 0.717) is 6.61 Å². The fourth-order valence-corrected chi connectivity index (χ4v) is 1.36. The average Bonchev–Trinajstić information content (AvgIpc) is 2.49. The van der Waals surface area contributed by atoms with Crippen LogP contribution in [0, 0.1) is 0 Å². The second-order valence-electron chi connectivity index (χ2n) is 2.91. The SMILES string of the molecule is NN1C(=O)OCC1c1ccccc1. The second-order valence-corrected chi connectivity index (χ2v) is 2.91. The molecular formula is C9H10N2O2. The molecule has 1 atom stereocenters. The zero-order chi connectivity index (χ0) is 9.26. The minimum atomic E-state index is -0.464. The van der Waals surface area contributed by atoms with Crippen molar-refractivity contribution in [2.24, 2.45) is 5.84 Å². The highest BCUT2D eigenvalue weighted by Crippen LogP contribution is 2.23. The Bertz CT molecular complexity index is 313. The maximum atomic E-state index is 10.9. The van der Waals surface area contributed by atoms with E-state index in [1.807, 2.05) is 30.3 Å². The molecular weight excluding hydrogens is 168 g/mol. The van der Waals surface area contributed by atoms with Crippen LogP contribution in [0.15, 0.2) is 30.3 Å². The minimum absolute atomic E-state index is 0.145. The van der Waals surface area contributed by atoms with E-state index in [-0.39, 0.29) is 6.04 Å². The molecule has 13 heavy (non-hydrogen) atoms. The Morgan fingerprint density at radius 2 is 2.08 bits per heavy atom. The number of rotatable bonds is 1. The molecule has 4 heteroatoms. The number of cyclic esters (lactones) is 1. The lowest BCUT2D eigenvalue weighted by Gasteiger charge is -2.14. The van der Waals surface area contributed by atoms with Crippen molar-refractivity contribution in [3.63, 3.8) is 0 Å². The summed E-state index contributed by atoms with van der Waals surface area (Å²) < 4.78 is 4.79. The van der Waals surface area contributed by atoms with Crippen LogP contribution in [0.1, 0.15) is 11.6 Å². The Hall–Kier alpha value is -1.55. The van der Waals surface area contributed by atoms with E-state index in [2.05, 4.69) is 0 Å². The molecule has 0 aromatic heterocycles. The van der Waals surface area contributed by atoms with Crippen molar-refractivity contribution >= 4 is 6.09 Å². The van der Waals surface area contributed by atoms with Crippen LogP contribution < -0.4 is 5.84 Å². The highest BCUT2D eigenvalue weighted by molar-refractivity contribution is 5.69. The predicted octanol–water partition coefficient (Wildman–Crippen LogP) is 1.05. The predicted molar refractivity (Wildman–Crippen MR) is 46.6 cm³/mol. The van der Waals surface area contributed by atoms with Crippen molar-refractivity contribution in [1.82, 2.24) is 5.01 Å². The van der Waals surface area contributed by atoms with Crippen LogP contribution in [-0.4, -0.2) is 17.7 Å². The Balaban J connectivity index is 2.24. The fourth-order valence-electron chi connectivity index (χ4n) is 1.36. The number of nitrogens with two attached hydrogens (primary N) is 1. The Morgan fingerprint density at radius 1 is 1.38 bits per heavy atom.